The molecule has 1 aliphatic rings. The highest BCUT2D eigenvalue weighted by Crippen LogP contribution is 2.39. The summed E-state index contributed by atoms with van der Waals surface area (Å²) in [7, 11) is 0. The summed E-state index contributed by atoms with van der Waals surface area (Å²) < 4.78 is 5.49. The van der Waals surface area contributed by atoms with Crippen LogP contribution in [-0.4, -0.2) is 34.0 Å². The van der Waals surface area contributed by atoms with Gasteiger partial charge in [0.15, 0.2) is 5.82 Å². The first-order valence-electron chi connectivity index (χ1n) is 9.18. The third-order valence-electron chi connectivity index (χ3n) is 5.11. The number of ketones is 1. The summed E-state index contributed by atoms with van der Waals surface area (Å²) in [5, 5.41) is 5.57. The van der Waals surface area contributed by atoms with Crippen LogP contribution in [0.2, 0.25) is 5.02 Å². The fourth-order valence-corrected chi connectivity index (χ4v) is 3.86. The van der Waals surface area contributed by atoms with Crippen LogP contribution in [-0.2, 0) is 11.2 Å². The summed E-state index contributed by atoms with van der Waals surface area (Å²) in [4.78, 5) is 23.2. The summed E-state index contributed by atoms with van der Waals surface area (Å²) >= 11 is 6.56. The Morgan fingerprint density at radius 3 is 2.56 bits per heavy atom. The molecule has 0 aliphatic carbocycles. The second kappa shape index (κ2) is 6.93. The number of aromatic nitrogens is 3. The van der Waals surface area contributed by atoms with Crippen molar-refractivity contribution < 1.29 is 9.32 Å². The number of nitrogens with zero attached hydrogens (tertiary/aromatic N) is 4. The Morgan fingerprint density at radius 2 is 1.93 bits per heavy atom. The van der Waals surface area contributed by atoms with Gasteiger partial charge >= 0.3 is 0 Å². The third-order valence-corrected chi connectivity index (χ3v) is 5.40. The molecule has 0 spiro atoms. The molecule has 0 atom stereocenters. The largest absolute Gasteiger partial charge is 0.355 e. The van der Waals surface area contributed by atoms with Crippen molar-refractivity contribution >= 4 is 34.1 Å². The van der Waals surface area contributed by atoms with Gasteiger partial charge in [-0.25, -0.2) is 4.98 Å². The Balaban J connectivity index is 1.99. The fraction of sp³-hybridized carbons (Fsp3) is 0.400. The molecule has 140 valence electrons. The van der Waals surface area contributed by atoms with Gasteiger partial charge in [-0.15, -0.1) is 0 Å². The van der Waals surface area contributed by atoms with E-state index in [1.54, 1.807) is 6.92 Å². The van der Waals surface area contributed by atoms with E-state index in [1.165, 1.54) is 0 Å². The quantitative estimate of drug-likeness (QED) is 0.670. The SMILES string of the molecule is CCc1cc(Cl)c2nc(N3CCC(=O)CC3)c(-c3nc(C)no3)c(C)c2c1. The van der Waals surface area contributed by atoms with Crippen molar-refractivity contribution in [1.29, 1.82) is 0 Å². The van der Waals surface area contributed by atoms with Gasteiger partial charge in [0.1, 0.15) is 11.6 Å². The topological polar surface area (TPSA) is 72.1 Å². The maximum atomic E-state index is 11.7. The molecule has 27 heavy (non-hydrogen) atoms. The minimum atomic E-state index is 0.282. The van der Waals surface area contributed by atoms with E-state index in [-0.39, 0.29) is 5.78 Å². The molecule has 0 N–H and O–H groups in total. The predicted molar refractivity (Wildman–Crippen MR) is 105 cm³/mol. The van der Waals surface area contributed by atoms with Crippen molar-refractivity contribution in [1.82, 2.24) is 15.1 Å². The molecule has 1 aliphatic heterocycles. The summed E-state index contributed by atoms with van der Waals surface area (Å²) in [6.45, 7) is 7.18. The first kappa shape index (κ1) is 17.9. The highest BCUT2D eigenvalue weighted by molar-refractivity contribution is 6.35. The summed E-state index contributed by atoms with van der Waals surface area (Å²) in [6, 6.07) is 4.09. The van der Waals surface area contributed by atoms with Crippen LogP contribution in [0.25, 0.3) is 22.4 Å². The minimum Gasteiger partial charge on any atom is -0.355 e. The number of piperidine rings is 1. The summed E-state index contributed by atoms with van der Waals surface area (Å²) in [6.07, 6.45) is 1.92. The Hall–Kier alpha value is -2.47. The van der Waals surface area contributed by atoms with Gasteiger partial charge in [-0.05, 0) is 43.5 Å². The molecule has 0 amide bonds. The molecule has 6 nitrogen and oxygen atoms in total. The second-order valence-corrected chi connectivity index (χ2v) is 7.34. The van der Waals surface area contributed by atoms with Gasteiger partial charge in [0.2, 0.25) is 0 Å². The lowest BCUT2D eigenvalue weighted by Gasteiger charge is -2.29. The van der Waals surface area contributed by atoms with Gasteiger partial charge in [-0.1, -0.05) is 23.7 Å². The smallest absolute Gasteiger partial charge is 0.261 e. The summed E-state index contributed by atoms with van der Waals surface area (Å²) in [5.74, 6) is 2.06. The van der Waals surface area contributed by atoms with Gasteiger partial charge < -0.3 is 9.42 Å². The fourth-order valence-electron chi connectivity index (χ4n) is 3.57. The highest BCUT2D eigenvalue weighted by atomic mass is 35.5. The Kier molecular flexibility index (Phi) is 4.60. The van der Waals surface area contributed by atoms with Crippen molar-refractivity contribution in [2.24, 2.45) is 0 Å². The lowest BCUT2D eigenvalue weighted by Crippen LogP contribution is -2.34. The predicted octanol–water partition coefficient (Wildman–Crippen LogP) is 4.29. The molecule has 7 heteroatoms. The average molecular weight is 385 g/mol. The number of fused-ring (bicyclic) bond motifs is 1. The number of hydrogen-bond acceptors (Lipinski definition) is 6. The zero-order valence-electron chi connectivity index (χ0n) is 15.7. The number of Topliss-reactive ketones (excluding diaryl/α,β-unsaturated/α-hetero) is 1. The molecule has 0 unspecified atom stereocenters. The number of benzene rings is 1. The van der Waals surface area contributed by atoms with E-state index in [0.717, 1.165) is 39.8 Å². The Labute approximate surface area is 162 Å². The zero-order chi connectivity index (χ0) is 19.1. The standard InChI is InChI=1S/C20H21ClN4O2/c1-4-13-9-15-11(2)17(20-22-12(3)24-27-20)19(23-18(15)16(21)10-13)25-7-5-14(26)6-8-25/h9-10H,4-8H2,1-3H3. The van der Waals surface area contributed by atoms with Gasteiger partial charge in [0.05, 0.1) is 16.1 Å². The molecular formula is C20H21ClN4O2. The lowest BCUT2D eigenvalue weighted by molar-refractivity contribution is -0.119. The molecule has 3 aromatic rings. The summed E-state index contributed by atoms with van der Waals surface area (Å²) in [5.41, 5.74) is 3.74. The van der Waals surface area contributed by atoms with Crippen molar-refractivity contribution in [3.05, 3.63) is 34.1 Å². The van der Waals surface area contributed by atoms with Crippen LogP contribution in [0.1, 0.15) is 36.7 Å². The van der Waals surface area contributed by atoms with Crippen LogP contribution in [0, 0.1) is 13.8 Å². The molecular weight excluding hydrogens is 364 g/mol. The molecule has 0 bridgehead atoms. The molecule has 0 saturated carbocycles. The molecule has 3 heterocycles. The Morgan fingerprint density at radius 1 is 1.19 bits per heavy atom. The van der Waals surface area contributed by atoms with Crippen LogP contribution in [0.4, 0.5) is 5.82 Å². The number of anilines is 1. The van der Waals surface area contributed by atoms with E-state index in [0.29, 0.717) is 42.7 Å². The molecule has 1 saturated heterocycles. The van der Waals surface area contributed by atoms with E-state index < -0.39 is 0 Å². The maximum absolute atomic E-state index is 11.7. The van der Waals surface area contributed by atoms with Gasteiger partial charge in [-0.3, -0.25) is 4.79 Å². The van der Waals surface area contributed by atoms with E-state index in [9.17, 15) is 4.79 Å². The van der Waals surface area contributed by atoms with Crippen LogP contribution in [0.5, 0.6) is 0 Å². The number of rotatable bonds is 3. The number of carbonyl (C=O) groups is 1. The zero-order valence-corrected chi connectivity index (χ0v) is 16.4. The highest BCUT2D eigenvalue weighted by Gasteiger charge is 2.26. The number of pyridine rings is 1. The number of aryl methyl sites for hydroxylation is 3. The maximum Gasteiger partial charge on any atom is 0.261 e. The van der Waals surface area contributed by atoms with Crippen molar-refractivity contribution in [2.45, 2.75) is 40.0 Å². The van der Waals surface area contributed by atoms with E-state index in [4.69, 9.17) is 21.1 Å². The third kappa shape index (κ3) is 3.18. The van der Waals surface area contributed by atoms with E-state index in [1.807, 2.05) is 13.0 Å². The number of carbonyl (C=O) groups excluding carboxylic acids is 1. The molecule has 1 aromatic carbocycles. The first-order chi connectivity index (χ1) is 13.0. The molecule has 2 aromatic heterocycles. The minimum absolute atomic E-state index is 0.282. The average Bonchev–Trinajstić information content (AvgIpc) is 3.08. The van der Waals surface area contributed by atoms with Crippen molar-refractivity contribution in [3.8, 4) is 11.5 Å². The van der Waals surface area contributed by atoms with Gasteiger partial charge in [0.25, 0.3) is 5.89 Å². The van der Waals surface area contributed by atoms with Crippen LogP contribution < -0.4 is 4.90 Å². The second-order valence-electron chi connectivity index (χ2n) is 6.94. The van der Waals surface area contributed by atoms with Crippen molar-refractivity contribution in [2.75, 3.05) is 18.0 Å². The molecule has 1 fully saturated rings. The van der Waals surface area contributed by atoms with E-state index >= 15 is 0 Å². The molecule has 4 rings (SSSR count). The monoisotopic (exact) mass is 384 g/mol. The van der Waals surface area contributed by atoms with Gasteiger partial charge in [-0.2, -0.15) is 4.98 Å². The van der Waals surface area contributed by atoms with Crippen LogP contribution in [0.15, 0.2) is 16.7 Å². The van der Waals surface area contributed by atoms with E-state index in [2.05, 4.69) is 28.0 Å². The van der Waals surface area contributed by atoms with Crippen molar-refractivity contribution in [3.63, 3.8) is 0 Å². The van der Waals surface area contributed by atoms with Gasteiger partial charge in [0, 0.05) is 31.3 Å². The van der Waals surface area contributed by atoms with Crippen LogP contribution >= 0.6 is 11.6 Å². The normalized spacial score (nSPS) is 15.0. The molecule has 0 radical (unpaired) electrons. The van der Waals surface area contributed by atoms with Crippen LogP contribution in [0.3, 0.4) is 0 Å². The Bertz CT molecular complexity index is 1030. The number of halogens is 1. The number of hydrogen-bond donors (Lipinski definition) is 0. The first-order valence-corrected chi connectivity index (χ1v) is 9.55. The lowest BCUT2D eigenvalue weighted by atomic mass is 9.99.